The van der Waals surface area contributed by atoms with E-state index in [2.05, 4.69) is 40.5 Å². The number of amides is 1. The van der Waals surface area contributed by atoms with Gasteiger partial charge in [-0.15, -0.1) is 0 Å². The van der Waals surface area contributed by atoms with Crippen LogP contribution in [-0.2, 0) is 14.8 Å². The number of ether oxygens (including phenoxy) is 1. The third-order valence-corrected chi connectivity index (χ3v) is 9.60. The van der Waals surface area contributed by atoms with E-state index in [9.17, 15) is 13.2 Å². The zero-order chi connectivity index (χ0) is 30.3. The van der Waals surface area contributed by atoms with Crippen LogP contribution >= 0.6 is 11.6 Å². The Hall–Kier alpha value is -2.89. The standard InChI is InChI=1S/C31H41ClN6O4S/c1-20-18-37(19-21(2)42-20)23-9-11-26-27(34-30(16-23)36-12-6-13-36)17-28(33-26)29-7-4-5-14-38(29)31(39)24-15-22(32)8-10-25(24)35-43(3,40)41/h8,10,15-17,20-21,26,29,35H,4-7,9,11-14,18-19H2,1-3H3/t20-,21+,26?,29-/m0/s1. The normalized spacial score (nSPS) is 28.0. The summed E-state index contributed by atoms with van der Waals surface area (Å²) in [5.74, 6) is 0.737. The molecule has 4 atom stereocenters. The number of piperidine rings is 1. The van der Waals surface area contributed by atoms with Crippen LogP contribution in [-0.4, -0.2) is 104 Å². The van der Waals surface area contributed by atoms with Crippen LogP contribution in [0.4, 0.5) is 5.69 Å². The van der Waals surface area contributed by atoms with Crippen molar-refractivity contribution in [3.05, 3.63) is 52.3 Å². The van der Waals surface area contributed by atoms with Gasteiger partial charge in [0.15, 0.2) is 0 Å². The molecule has 3 saturated heterocycles. The number of benzene rings is 1. The second-order valence-corrected chi connectivity index (χ2v) is 14.5. The maximum Gasteiger partial charge on any atom is 0.256 e. The summed E-state index contributed by atoms with van der Waals surface area (Å²) in [6.45, 7) is 8.55. The second kappa shape index (κ2) is 12.2. The molecule has 43 heavy (non-hydrogen) atoms. The van der Waals surface area contributed by atoms with E-state index in [-0.39, 0.29) is 41.4 Å². The van der Waals surface area contributed by atoms with Gasteiger partial charge in [-0.05, 0) is 82.7 Å². The number of aliphatic imine (C=N–C) groups is 2. The van der Waals surface area contributed by atoms with Gasteiger partial charge in [0.1, 0.15) is 5.84 Å². The Morgan fingerprint density at radius 1 is 1.02 bits per heavy atom. The monoisotopic (exact) mass is 628 g/mol. The molecule has 0 spiro atoms. The minimum Gasteiger partial charge on any atom is -0.372 e. The van der Waals surface area contributed by atoms with Crippen molar-refractivity contribution in [2.45, 2.75) is 76.7 Å². The molecule has 5 heterocycles. The minimum absolute atomic E-state index is 0.0709. The van der Waals surface area contributed by atoms with Gasteiger partial charge in [0.2, 0.25) is 10.0 Å². The number of sulfonamides is 1. The number of carbonyl (C=O) groups excluding carboxylic acids is 1. The van der Waals surface area contributed by atoms with Crippen molar-refractivity contribution in [3.8, 4) is 0 Å². The van der Waals surface area contributed by atoms with Crippen molar-refractivity contribution in [1.29, 1.82) is 0 Å². The molecule has 5 aliphatic heterocycles. The van der Waals surface area contributed by atoms with E-state index in [1.54, 1.807) is 12.1 Å². The fourth-order valence-corrected chi connectivity index (χ4v) is 7.44. The predicted octanol–water partition coefficient (Wildman–Crippen LogP) is 4.30. The van der Waals surface area contributed by atoms with Gasteiger partial charge in [-0.25, -0.2) is 13.4 Å². The third kappa shape index (κ3) is 6.78. The molecule has 5 aliphatic rings. The van der Waals surface area contributed by atoms with Crippen LogP contribution < -0.4 is 4.72 Å². The first-order valence-electron chi connectivity index (χ1n) is 15.4. The molecule has 12 heteroatoms. The molecule has 0 saturated carbocycles. The van der Waals surface area contributed by atoms with Crippen molar-refractivity contribution in [3.63, 3.8) is 0 Å². The number of fused-ring (bicyclic) bond motifs is 1. The first-order chi connectivity index (χ1) is 20.5. The lowest BCUT2D eigenvalue weighted by Gasteiger charge is -2.40. The molecule has 232 valence electrons. The van der Waals surface area contributed by atoms with Crippen molar-refractivity contribution in [2.24, 2.45) is 9.98 Å². The largest absolute Gasteiger partial charge is 0.372 e. The van der Waals surface area contributed by atoms with Crippen LogP contribution in [0.15, 0.2) is 51.7 Å². The summed E-state index contributed by atoms with van der Waals surface area (Å²) in [7, 11) is -3.59. The van der Waals surface area contributed by atoms with Gasteiger partial charge in [-0.2, -0.15) is 0 Å². The van der Waals surface area contributed by atoms with Gasteiger partial charge in [0, 0.05) is 43.4 Å². The fourth-order valence-electron chi connectivity index (χ4n) is 6.69. The first kappa shape index (κ1) is 30.1. The zero-order valence-corrected chi connectivity index (χ0v) is 26.7. The number of hydrogen-bond donors (Lipinski definition) is 1. The van der Waals surface area contributed by atoms with Gasteiger partial charge >= 0.3 is 0 Å². The van der Waals surface area contributed by atoms with E-state index < -0.39 is 10.0 Å². The molecule has 1 aromatic rings. The average molecular weight is 629 g/mol. The third-order valence-electron chi connectivity index (χ3n) is 8.77. The topological polar surface area (TPSA) is 107 Å². The van der Waals surface area contributed by atoms with Gasteiger partial charge < -0.3 is 19.4 Å². The summed E-state index contributed by atoms with van der Waals surface area (Å²) in [6, 6.07) is 4.37. The molecule has 1 unspecified atom stereocenters. The lowest BCUT2D eigenvalue weighted by Crippen LogP contribution is -2.47. The van der Waals surface area contributed by atoms with Gasteiger partial charge in [0.05, 0.1) is 53.2 Å². The van der Waals surface area contributed by atoms with Crippen LogP contribution in [0.2, 0.25) is 5.02 Å². The van der Waals surface area contributed by atoms with Crippen LogP contribution in [0.25, 0.3) is 0 Å². The van der Waals surface area contributed by atoms with Crippen LogP contribution in [0, 0.1) is 0 Å². The number of rotatable bonds is 5. The number of nitrogens with one attached hydrogen (secondary N) is 1. The molecular formula is C31H41ClN6O4S. The van der Waals surface area contributed by atoms with Crippen LogP contribution in [0.1, 0.15) is 62.7 Å². The highest BCUT2D eigenvalue weighted by Gasteiger charge is 2.36. The number of anilines is 1. The Labute approximate surface area is 259 Å². The predicted molar refractivity (Wildman–Crippen MR) is 170 cm³/mol. The summed E-state index contributed by atoms with van der Waals surface area (Å²) in [6.07, 6.45) is 11.3. The van der Waals surface area contributed by atoms with E-state index >= 15 is 0 Å². The molecule has 0 aromatic heterocycles. The Morgan fingerprint density at radius 3 is 2.49 bits per heavy atom. The number of amidine groups is 1. The molecule has 1 N–H and O–H groups in total. The maximum absolute atomic E-state index is 14.0. The maximum atomic E-state index is 14.0. The quantitative estimate of drug-likeness (QED) is 0.521. The Morgan fingerprint density at radius 2 is 1.79 bits per heavy atom. The molecule has 10 nitrogen and oxygen atoms in total. The Balaban J connectivity index is 1.28. The molecule has 3 fully saturated rings. The fraction of sp³-hybridized carbons (Fsp3) is 0.581. The minimum atomic E-state index is -3.59. The van der Waals surface area contributed by atoms with E-state index in [4.69, 9.17) is 26.3 Å². The first-order valence-corrected chi connectivity index (χ1v) is 17.6. The Bertz CT molecular complexity index is 1490. The van der Waals surface area contributed by atoms with Crippen molar-refractivity contribution < 1.29 is 17.9 Å². The number of carbonyl (C=O) groups is 1. The van der Waals surface area contributed by atoms with E-state index in [0.29, 0.717) is 11.6 Å². The van der Waals surface area contributed by atoms with Gasteiger partial charge in [-0.1, -0.05) is 11.6 Å². The lowest BCUT2D eigenvalue weighted by molar-refractivity contribution is -0.0587. The number of allylic oxidation sites excluding steroid dienone is 1. The molecule has 6 rings (SSSR count). The molecule has 1 amide bonds. The summed E-state index contributed by atoms with van der Waals surface area (Å²) >= 11 is 6.27. The van der Waals surface area contributed by atoms with Crippen molar-refractivity contribution in [2.75, 3.05) is 43.7 Å². The summed E-state index contributed by atoms with van der Waals surface area (Å²) in [5, 5.41) is 0.370. The number of likely N-dealkylation sites (tertiary alicyclic amines) is 2. The van der Waals surface area contributed by atoms with Crippen LogP contribution in [0.3, 0.4) is 0 Å². The number of nitrogens with zero attached hydrogens (tertiary/aromatic N) is 5. The second-order valence-electron chi connectivity index (χ2n) is 12.4. The highest BCUT2D eigenvalue weighted by atomic mass is 35.5. The molecule has 0 radical (unpaired) electrons. The average Bonchev–Trinajstić information content (AvgIpc) is 3.29. The number of hydrogen-bond acceptors (Lipinski definition) is 8. The molecular weight excluding hydrogens is 588 g/mol. The number of halogens is 1. The number of morpholine rings is 1. The van der Waals surface area contributed by atoms with Gasteiger partial charge in [0.25, 0.3) is 5.91 Å². The highest BCUT2D eigenvalue weighted by molar-refractivity contribution is 7.92. The van der Waals surface area contributed by atoms with Crippen molar-refractivity contribution >= 4 is 44.8 Å². The van der Waals surface area contributed by atoms with Crippen LogP contribution in [0.5, 0.6) is 0 Å². The zero-order valence-electron chi connectivity index (χ0n) is 25.1. The van der Waals surface area contributed by atoms with E-state index in [1.165, 1.54) is 11.8 Å². The van der Waals surface area contributed by atoms with E-state index in [0.717, 1.165) is 88.2 Å². The SMILES string of the molecule is C[C@@H]1CN(C2=CC(N3CCC3)=NC3=CC([C@@H]4CCCCN4C(=O)c4cc(Cl)ccc4NS(C)(=O)=O)=NC3CC2)C[C@H](C)O1. The Kier molecular flexibility index (Phi) is 8.59. The smallest absolute Gasteiger partial charge is 0.256 e. The molecule has 0 bridgehead atoms. The summed E-state index contributed by atoms with van der Waals surface area (Å²) in [5.41, 5.74) is 3.58. The lowest BCUT2D eigenvalue weighted by atomic mass is 9.96. The highest BCUT2D eigenvalue weighted by Crippen LogP contribution is 2.33. The van der Waals surface area contributed by atoms with Gasteiger partial charge in [-0.3, -0.25) is 14.5 Å². The summed E-state index contributed by atoms with van der Waals surface area (Å²) < 4.78 is 32.6. The summed E-state index contributed by atoms with van der Waals surface area (Å²) in [4.78, 5) is 31.0. The molecule has 1 aromatic carbocycles. The molecule has 0 aliphatic carbocycles. The van der Waals surface area contributed by atoms with Crippen molar-refractivity contribution in [1.82, 2.24) is 14.7 Å². The van der Waals surface area contributed by atoms with E-state index in [1.807, 2.05) is 4.90 Å².